The van der Waals surface area contributed by atoms with Gasteiger partial charge in [-0.3, -0.25) is 4.90 Å². The van der Waals surface area contributed by atoms with Crippen LogP contribution < -0.4 is 0 Å². The molecule has 0 bridgehead atoms. The quantitative estimate of drug-likeness (QED) is 0.0697. The lowest BCUT2D eigenvalue weighted by Crippen LogP contribution is -2.38. The standard InChI is InChI=1S/C47H43NO6/c1-49-7-9-52-12-11-51-6-5-48-21-31-29-19-27-17-25-15-23-3-4-24-16-26-18-28-20-30(39(31)32(48)22-54-14-13-53-10-8-50-2)41-40(29)44-37(27)35(25)42-33(23)34(24)43-36(26)38(28)45(41)47(44)46(42)43/h3-4,15-16,19-20,31-32,39H,5-14,17-18,21-22H2,1-2H3. The van der Waals surface area contributed by atoms with E-state index in [1.165, 1.54) is 38.2 Å². The zero-order valence-electron chi connectivity index (χ0n) is 31.0. The van der Waals surface area contributed by atoms with E-state index in [4.69, 9.17) is 28.4 Å². The van der Waals surface area contributed by atoms with Crippen molar-refractivity contribution in [2.45, 2.75) is 30.7 Å². The fourth-order valence-corrected chi connectivity index (χ4v) is 12.4. The van der Waals surface area contributed by atoms with E-state index in [9.17, 15) is 0 Å². The van der Waals surface area contributed by atoms with Crippen molar-refractivity contribution in [2.24, 2.45) is 0 Å². The van der Waals surface area contributed by atoms with Crippen LogP contribution >= 0.6 is 0 Å². The van der Waals surface area contributed by atoms with Crippen molar-refractivity contribution in [2.75, 3.05) is 93.4 Å². The second-order valence-corrected chi connectivity index (χ2v) is 16.5. The Morgan fingerprint density at radius 2 is 0.944 bits per heavy atom. The second kappa shape index (κ2) is 11.3. The molecule has 1 fully saturated rings. The molecule has 3 atom stereocenters. The molecule has 1 aliphatic heterocycles. The normalized spacial score (nSPS) is 20.4. The van der Waals surface area contributed by atoms with Crippen LogP contribution in [0.1, 0.15) is 45.2 Å². The van der Waals surface area contributed by atoms with E-state index in [0.717, 1.165) is 25.9 Å². The van der Waals surface area contributed by atoms with Crippen molar-refractivity contribution in [3.8, 4) is 0 Å². The summed E-state index contributed by atoms with van der Waals surface area (Å²) in [5.41, 5.74) is 9.25. The number of nitrogens with zero attached hydrogens (tertiary/aromatic N) is 1. The molecule has 0 spiro atoms. The minimum absolute atomic E-state index is 0.239. The van der Waals surface area contributed by atoms with Gasteiger partial charge in [-0.2, -0.15) is 0 Å². The molecule has 4 aliphatic rings. The summed E-state index contributed by atoms with van der Waals surface area (Å²) in [6, 6.07) is 15.5. The average molecular weight is 718 g/mol. The highest BCUT2D eigenvalue weighted by Gasteiger charge is 2.49. The minimum atomic E-state index is 0.239. The molecule has 0 aromatic heterocycles. The molecular weight excluding hydrogens is 675 g/mol. The summed E-state index contributed by atoms with van der Waals surface area (Å²) >= 11 is 0. The van der Waals surface area contributed by atoms with Gasteiger partial charge in [-0.1, -0.05) is 36.4 Å². The van der Waals surface area contributed by atoms with Crippen molar-refractivity contribution in [3.05, 3.63) is 69.8 Å². The number of hydrogen-bond donors (Lipinski definition) is 0. The number of likely N-dealkylation sites (tertiary alicyclic amines) is 1. The molecule has 7 heteroatoms. The zero-order chi connectivity index (χ0) is 35.4. The van der Waals surface area contributed by atoms with Crippen LogP contribution in [0.3, 0.4) is 0 Å². The maximum atomic E-state index is 6.55. The largest absolute Gasteiger partial charge is 0.382 e. The Kier molecular flexibility index (Phi) is 6.57. The Balaban J connectivity index is 0.978. The highest BCUT2D eigenvalue weighted by Crippen LogP contribution is 2.65. The molecule has 0 amide bonds. The number of methoxy groups -OCH3 is 2. The molecule has 1 heterocycles. The number of hydrogen-bond acceptors (Lipinski definition) is 7. The van der Waals surface area contributed by atoms with Gasteiger partial charge < -0.3 is 28.4 Å². The van der Waals surface area contributed by atoms with Gasteiger partial charge in [0.25, 0.3) is 0 Å². The third-order valence-electron chi connectivity index (χ3n) is 14.1. The molecular formula is C47H43NO6. The molecule has 3 unspecified atom stereocenters. The van der Waals surface area contributed by atoms with Gasteiger partial charge in [0.1, 0.15) is 0 Å². The Morgan fingerprint density at radius 1 is 0.481 bits per heavy atom. The van der Waals surface area contributed by atoms with Crippen LogP contribution in [-0.4, -0.2) is 104 Å². The van der Waals surface area contributed by atoms with Gasteiger partial charge in [0.15, 0.2) is 0 Å². The molecule has 54 heavy (non-hydrogen) atoms. The van der Waals surface area contributed by atoms with E-state index in [0.29, 0.717) is 77.9 Å². The van der Waals surface area contributed by atoms with Gasteiger partial charge in [-0.25, -0.2) is 0 Å². The van der Waals surface area contributed by atoms with Gasteiger partial charge in [0.05, 0.1) is 66.1 Å². The summed E-state index contributed by atoms with van der Waals surface area (Å²) in [7, 11) is 3.41. The highest BCUT2D eigenvalue weighted by atomic mass is 16.5. The van der Waals surface area contributed by atoms with Crippen LogP contribution in [-0.2, 0) is 41.3 Å². The second-order valence-electron chi connectivity index (χ2n) is 16.5. The first-order valence-corrected chi connectivity index (χ1v) is 20.0. The fourth-order valence-electron chi connectivity index (χ4n) is 12.4. The maximum Gasteiger partial charge on any atom is 0.0701 e. The molecule has 13 rings (SSSR count). The van der Waals surface area contributed by atoms with Crippen molar-refractivity contribution < 1.29 is 28.4 Å². The molecule has 0 radical (unpaired) electrons. The van der Waals surface area contributed by atoms with Crippen molar-refractivity contribution in [3.63, 3.8) is 0 Å². The monoisotopic (exact) mass is 717 g/mol. The van der Waals surface area contributed by atoms with Gasteiger partial charge in [0, 0.05) is 45.2 Å². The predicted molar refractivity (Wildman–Crippen MR) is 216 cm³/mol. The first-order chi connectivity index (χ1) is 26.8. The van der Waals surface area contributed by atoms with E-state index >= 15 is 0 Å². The van der Waals surface area contributed by atoms with Crippen molar-refractivity contribution >= 4 is 86.2 Å². The van der Waals surface area contributed by atoms with Gasteiger partial charge >= 0.3 is 0 Å². The SMILES string of the molecule is COCCOCCOCCN1CC2c3cc4c5c6c(cc7ccc8cc9c%10c%11c(cc(c%12c3c5c(c%12%11)c3c6c7c8c%103)C2C1COCCOCCOC)C9)C4. The van der Waals surface area contributed by atoms with Crippen molar-refractivity contribution in [1.82, 2.24) is 4.90 Å². The lowest BCUT2D eigenvalue weighted by molar-refractivity contribution is -0.000256. The van der Waals surface area contributed by atoms with Gasteiger partial charge in [-0.05, 0) is 132 Å². The summed E-state index contributed by atoms with van der Waals surface area (Å²) in [5.74, 6) is 0.741. The van der Waals surface area contributed by atoms with Crippen LogP contribution in [0.4, 0.5) is 0 Å². The summed E-state index contributed by atoms with van der Waals surface area (Å²) in [5, 5.41) is 24.6. The third kappa shape index (κ3) is 3.77. The maximum absolute atomic E-state index is 6.55. The lowest BCUT2D eigenvalue weighted by atomic mass is 9.72. The van der Waals surface area contributed by atoms with Crippen LogP contribution in [0.25, 0.3) is 86.2 Å². The third-order valence-corrected chi connectivity index (χ3v) is 14.1. The highest BCUT2D eigenvalue weighted by molar-refractivity contribution is 6.58. The number of rotatable bonds is 17. The topological polar surface area (TPSA) is 58.6 Å². The van der Waals surface area contributed by atoms with Gasteiger partial charge in [0.2, 0.25) is 0 Å². The molecule has 0 N–H and O–H groups in total. The molecule has 9 aromatic rings. The molecule has 9 aromatic carbocycles. The van der Waals surface area contributed by atoms with E-state index in [1.807, 2.05) is 0 Å². The van der Waals surface area contributed by atoms with E-state index in [2.05, 4.69) is 41.3 Å². The first kappa shape index (κ1) is 31.3. The molecule has 0 saturated carbocycles. The Morgan fingerprint density at radius 3 is 1.54 bits per heavy atom. The number of ether oxygens (including phenoxy) is 6. The molecule has 272 valence electrons. The lowest BCUT2D eigenvalue weighted by Gasteiger charge is -2.32. The van der Waals surface area contributed by atoms with E-state index in [1.54, 1.807) is 95.5 Å². The summed E-state index contributed by atoms with van der Waals surface area (Å²) in [4.78, 5) is 2.69. The summed E-state index contributed by atoms with van der Waals surface area (Å²) in [6.07, 6.45) is 2.04. The zero-order valence-corrected chi connectivity index (χ0v) is 31.0. The van der Waals surface area contributed by atoms with E-state index < -0.39 is 0 Å². The Hall–Kier alpha value is -3.92. The minimum Gasteiger partial charge on any atom is -0.382 e. The Bertz CT molecular complexity index is 2880. The van der Waals surface area contributed by atoms with Crippen LogP contribution in [0.5, 0.6) is 0 Å². The van der Waals surface area contributed by atoms with Gasteiger partial charge in [-0.15, -0.1) is 0 Å². The van der Waals surface area contributed by atoms with Crippen molar-refractivity contribution in [1.29, 1.82) is 0 Å². The molecule has 7 nitrogen and oxygen atoms in total. The van der Waals surface area contributed by atoms with E-state index in [-0.39, 0.29) is 6.04 Å². The average Bonchev–Trinajstić information content (AvgIpc) is 3.99. The molecule has 3 aliphatic carbocycles. The summed E-state index contributed by atoms with van der Waals surface area (Å²) in [6.45, 7) is 7.94. The molecule has 1 saturated heterocycles. The fraction of sp³-hybridized carbons (Fsp3) is 0.404. The number of fused-ring (bicyclic) bond motifs is 3. The van der Waals surface area contributed by atoms with Crippen LogP contribution in [0, 0.1) is 0 Å². The van der Waals surface area contributed by atoms with Crippen LogP contribution in [0.15, 0.2) is 36.4 Å². The first-order valence-electron chi connectivity index (χ1n) is 20.0. The number of benzene rings is 7. The smallest absolute Gasteiger partial charge is 0.0701 e. The Labute approximate surface area is 312 Å². The summed E-state index contributed by atoms with van der Waals surface area (Å²) < 4.78 is 34.5. The predicted octanol–water partition coefficient (Wildman–Crippen LogP) is 8.13. The van der Waals surface area contributed by atoms with Crippen LogP contribution in [0.2, 0.25) is 0 Å².